The number of aromatic nitrogens is 2. The maximum Gasteiger partial charge on any atom is 0.125 e. The van der Waals surface area contributed by atoms with Crippen LogP contribution in [0, 0.1) is 0 Å². The molecular weight excluding hydrogens is 318 g/mol. The summed E-state index contributed by atoms with van der Waals surface area (Å²) in [6, 6.07) is 14.2. The molecule has 0 saturated heterocycles. The van der Waals surface area contributed by atoms with Crippen molar-refractivity contribution in [1.29, 1.82) is 0 Å². The normalized spacial score (nSPS) is 13.6. The topological polar surface area (TPSA) is 58.0 Å². The molecule has 0 aliphatic heterocycles. The number of hydrogen-bond acceptors (Lipinski definition) is 5. The SMILES string of the molecule is C[C@@H](c1ccccc1)[C@@H](CO)NCc1cnc(-c2cccnc2)s1. The van der Waals surface area contributed by atoms with Gasteiger partial charge in [-0.3, -0.25) is 4.98 Å². The molecule has 0 bridgehead atoms. The first kappa shape index (κ1) is 16.8. The number of hydrogen-bond donors (Lipinski definition) is 2. The Kier molecular flexibility index (Phi) is 5.69. The Morgan fingerprint density at radius 3 is 2.67 bits per heavy atom. The van der Waals surface area contributed by atoms with Crippen LogP contribution in [0.4, 0.5) is 0 Å². The Labute approximate surface area is 146 Å². The molecule has 24 heavy (non-hydrogen) atoms. The fraction of sp³-hybridized carbons (Fsp3) is 0.263. The second-order valence-electron chi connectivity index (χ2n) is 5.74. The largest absolute Gasteiger partial charge is 0.395 e. The van der Waals surface area contributed by atoms with Gasteiger partial charge in [0.2, 0.25) is 0 Å². The van der Waals surface area contributed by atoms with Crippen molar-refractivity contribution in [2.75, 3.05) is 6.61 Å². The smallest absolute Gasteiger partial charge is 0.125 e. The van der Waals surface area contributed by atoms with E-state index in [1.54, 1.807) is 17.5 Å². The lowest BCUT2D eigenvalue weighted by molar-refractivity contribution is 0.226. The average Bonchev–Trinajstić information content (AvgIpc) is 3.12. The van der Waals surface area contributed by atoms with Gasteiger partial charge < -0.3 is 10.4 Å². The molecule has 0 amide bonds. The Morgan fingerprint density at radius 1 is 1.12 bits per heavy atom. The summed E-state index contributed by atoms with van der Waals surface area (Å²) >= 11 is 1.65. The maximum absolute atomic E-state index is 9.74. The van der Waals surface area contributed by atoms with Crippen molar-refractivity contribution in [3.63, 3.8) is 0 Å². The molecule has 2 heterocycles. The van der Waals surface area contributed by atoms with Crippen molar-refractivity contribution in [3.05, 3.63) is 71.5 Å². The molecule has 5 heteroatoms. The lowest BCUT2D eigenvalue weighted by Gasteiger charge is -2.23. The molecule has 2 aromatic heterocycles. The molecule has 3 aromatic rings. The molecule has 0 spiro atoms. The summed E-state index contributed by atoms with van der Waals surface area (Å²) < 4.78 is 0. The van der Waals surface area contributed by atoms with Gasteiger partial charge in [0.15, 0.2) is 0 Å². The van der Waals surface area contributed by atoms with E-state index in [4.69, 9.17) is 0 Å². The maximum atomic E-state index is 9.74. The molecule has 2 N–H and O–H groups in total. The number of benzene rings is 1. The van der Waals surface area contributed by atoms with Crippen LogP contribution in [0.25, 0.3) is 10.6 Å². The first-order valence-corrected chi connectivity index (χ1v) is 8.84. The van der Waals surface area contributed by atoms with Crippen molar-refractivity contribution in [1.82, 2.24) is 15.3 Å². The van der Waals surface area contributed by atoms with E-state index in [0.29, 0.717) is 6.54 Å². The zero-order valence-electron chi connectivity index (χ0n) is 13.6. The van der Waals surface area contributed by atoms with E-state index in [2.05, 4.69) is 34.3 Å². The lowest BCUT2D eigenvalue weighted by Crippen LogP contribution is -2.36. The molecule has 0 aliphatic rings. The second kappa shape index (κ2) is 8.15. The lowest BCUT2D eigenvalue weighted by atomic mass is 9.94. The molecule has 0 unspecified atom stereocenters. The molecule has 0 saturated carbocycles. The van der Waals surface area contributed by atoms with Crippen molar-refractivity contribution >= 4 is 11.3 Å². The van der Waals surface area contributed by atoms with Crippen LogP contribution in [0.2, 0.25) is 0 Å². The predicted octanol–water partition coefficient (Wildman–Crippen LogP) is 3.46. The molecule has 0 fully saturated rings. The zero-order valence-corrected chi connectivity index (χ0v) is 14.4. The highest BCUT2D eigenvalue weighted by Gasteiger charge is 2.18. The fourth-order valence-electron chi connectivity index (χ4n) is 2.63. The van der Waals surface area contributed by atoms with Gasteiger partial charge in [-0.2, -0.15) is 0 Å². The van der Waals surface area contributed by atoms with Crippen molar-refractivity contribution in [3.8, 4) is 10.6 Å². The summed E-state index contributed by atoms with van der Waals surface area (Å²) in [5.41, 5.74) is 2.26. The molecule has 4 nitrogen and oxygen atoms in total. The number of nitrogens with zero attached hydrogens (tertiary/aromatic N) is 2. The first-order valence-electron chi connectivity index (χ1n) is 8.02. The van der Waals surface area contributed by atoms with Gasteiger partial charge in [-0.05, 0) is 23.6 Å². The monoisotopic (exact) mass is 339 g/mol. The van der Waals surface area contributed by atoms with Gasteiger partial charge in [0.25, 0.3) is 0 Å². The van der Waals surface area contributed by atoms with Crippen molar-refractivity contribution in [2.24, 2.45) is 0 Å². The van der Waals surface area contributed by atoms with Crippen LogP contribution in [0.5, 0.6) is 0 Å². The molecule has 124 valence electrons. The summed E-state index contributed by atoms with van der Waals surface area (Å²) in [7, 11) is 0. The second-order valence-corrected chi connectivity index (χ2v) is 6.86. The van der Waals surface area contributed by atoms with E-state index >= 15 is 0 Å². The van der Waals surface area contributed by atoms with Gasteiger partial charge in [-0.1, -0.05) is 37.3 Å². The third-order valence-corrected chi connectivity index (χ3v) is 5.17. The van der Waals surface area contributed by atoms with E-state index in [0.717, 1.165) is 15.4 Å². The van der Waals surface area contributed by atoms with Gasteiger partial charge in [-0.15, -0.1) is 11.3 Å². The number of pyridine rings is 1. The molecule has 0 radical (unpaired) electrons. The van der Waals surface area contributed by atoms with Crippen LogP contribution in [0.1, 0.15) is 23.3 Å². The zero-order chi connectivity index (χ0) is 16.8. The van der Waals surface area contributed by atoms with Gasteiger partial charge in [0.05, 0.1) is 6.61 Å². The number of thiazole rings is 1. The van der Waals surface area contributed by atoms with Gasteiger partial charge in [0.1, 0.15) is 5.01 Å². The Hall–Kier alpha value is -2.08. The third kappa shape index (κ3) is 4.06. The Balaban J connectivity index is 1.63. The first-order chi connectivity index (χ1) is 11.8. The molecule has 0 aliphatic carbocycles. The third-order valence-electron chi connectivity index (χ3n) is 4.13. The van der Waals surface area contributed by atoms with Gasteiger partial charge in [-0.25, -0.2) is 4.98 Å². The molecular formula is C19H21N3OS. The fourth-order valence-corrected chi connectivity index (χ4v) is 3.49. The average molecular weight is 339 g/mol. The van der Waals surface area contributed by atoms with Crippen LogP contribution in [0.15, 0.2) is 61.1 Å². The standard InChI is InChI=1S/C19H21N3OS/c1-14(15-6-3-2-4-7-15)18(13-23)21-11-17-12-22-19(24-17)16-8-5-9-20-10-16/h2-10,12,14,18,21,23H,11,13H2,1H3/t14-,18+/m0/s1. The molecule has 1 aromatic carbocycles. The summed E-state index contributed by atoms with van der Waals surface area (Å²) in [5.74, 6) is 0.238. The minimum atomic E-state index is 0.0105. The van der Waals surface area contributed by atoms with Crippen LogP contribution in [-0.2, 0) is 6.54 Å². The number of rotatable bonds is 7. The van der Waals surface area contributed by atoms with E-state index < -0.39 is 0 Å². The number of aliphatic hydroxyl groups is 1. The van der Waals surface area contributed by atoms with Crippen LogP contribution >= 0.6 is 11.3 Å². The summed E-state index contributed by atoms with van der Waals surface area (Å²) in [5, 5.41) is 14.2. The molecule has 2 atom stereocenters. The van der Waals surface area contributed by atoms with Crippen molar-refractivity contribution in [2.45, 2.75) is 25.4 Å². The van der Waals surface area contributed by atoms with E-state index in [9.17, 15) is 5.11 Å². The molecule has 3 rings (SSSR count). The van der Waals surface area contributed by atoms with Crippen LogP contribution in [-0.4, -0.2) is 27.7 Å². The number of nitrogens with one attached hydrogen (secondary N) is 1. The minimum Gasteiger partial charge on any atom is -0.395 e. The Bertz CT molecular complexity index is 746. The number of aliphatic hydroxyl groups excluding tert-OH is 1. The summed E-state index contributed by atoms with van der Waals surface area (Å²) in [6.07, 6.45) is 5.47. The Morgan fingerprint density at radius 2 is 1.96 bits per heavy atom. The van der Waals surface area contributed by atoms with Gasteiger partial charge >= 0.3 is 0 Å². The quantitative estimate of drug-likeness (QED) is 0.692. The van der Waals surface area contributed by atoms with Crippen LogP contribution < -0.4 is 5.32 Å². The highest BCUT2D eigenvalue weighted by molar-refractivity contribution is 7.15. The highest BCUT2D eigenvalue weighted by Crippen LogP contribution is 2.25. The predicted molar refractivity (Wildman–Crippen MR) is 97.9 cm³/mol. The van der Waals surface area contributed by atoms with Crippen molar-refractivity contribution < 1.29 is 5.11 Å². The van der Waals surface area contributed by atoms with E-state index in [-0.39, 0.29) is 18.6 Å². The van der Waals surface area contributed by atoms with E-state index in [1.807, 2.05) is 42.7 Å². The van der Waals surface area contributed by atoms with E-state index in [1.165, 1.54) is 5.56 Å². The van der Waals surface area contributed by atoms with Gasteiger partial charge in [0, 0.05) is 41.6 Å². The summed E-state index contributed by atoms with van der Waals surface area (Å²) in [4.78, 5) is 9.75. The summed E-state index contributed by atoms with van der Waals surface area (Å²) in [6.45, 7) is 2.93. The van der Waals surface area contributed by atoms with Crippen LogP contribution in [0.3, 0.4) is 0 Å². The highest BCUT2D eigenvalue weighted by atomic mass is 32.1. The minimum absolute atomic E-state index is 0.0105.